The molecule has 2 N–H and O–H groups in total. The first kappa shape index (κ1) is 14.5. The van der Waals surface area contributed by atoms with E-state index in [4.69, 9.17) is 0 Å². The van der Waals surface area contributed by atoms with Crippen LogP contribution in [0.3, 0.4) is 0 Å². The molecule has 5 heteroatoms. The maximum Gasteiger partial charge on any atom is 0.0650 e. The summed E-state index contributed by atoms with van der Waals surface area (Å²) in [6.07, 6.45) is 1.77. The van der Waals surface area contributed by atoms with Crippen molar-refractivity contribution in [3.63, 3.8) is 0 Å². The Morgan fingerprint density at radius 1 is 1.29 bits per heavy atom. The molecular formula is C16H16BrN3S. The van der Waals surface area contributed by atoms with Gasteiger partial charge in [-0.2, -0.15) is 5.10 Å². The highest BCUT2D eigenvalue weighted by atomic mass is 79.9. The first-order chi connectivity index (χ1) is 10.2. The lowest BCUT2D eigenvalue weighted by Gasteiger charge is -2.12. The zero-order valence-electron chi connectivity index (χ0n) is 11.6. The van der Waals surface area contributed by atoms with Crippen molar-refractivity contribution in [3.05, 3.63) is 62.9 Å². The van der Waals surface area contributed by atoms with E-state index >= 15 is 0 Å². The Hall–Kier alpha value is -1.43. The molecule has 3 nitrogen and oxygen atoms in total. The molecular weight excluding hydrogens is 346 g/mol. The van der Waals surface area contributed by atoms with Gasteiger partial charge in [0.15, 0.2) is 0 Å². The molecule has 0 amide bonds. The van der Waals surface area contributed by atoms with Crippen molar-refractivity contribution < 1.29 is 0 Å². The van der Waals surface area contributed by atoms with Crippen LogP contribution in [0.1, 0.15) is 23.4 Å². The molecule has 1 aromatic carbocycles. The highest BCUT2D eigenvalue weighted by Crippen LogP contribution is 2.25. The van der Waals surface area contributed by atoms with Gasteiger partial charge in [-0.1, -0.05) is 24.3 Å². The lowest BCUT2D eigenvalue weighted by atomic mass is 10.1. The zero-order valence-corrected chi connectivity index (χ0v) is 14.0. The van der Waals surface area contributed by atoms with Crippen molar-refractivity contribution in [2.24, 2.45) is 0 Å². The fraction of sp³-hybridized carbons (Fsp3) is 0.188. The molecule has 21 heavy (non-hydrogen) atoms. The molecule has 0 fully saturated rings. The first-order valence-corrected chi connectivity index (χ1v) is 8.45. The van der Waals surface area contributed by atoms with E-state index in [1.165, 1.54) is 10.4 Å². The van der Waals surface area contributed by atoms with Gasteiger partial charge in [0, 0.05) is 33.5 Å². The molecule has 0 spiro atoms. The van der Waals surface area contributed by atoms with Crippen LogP contribution < -0.4 is 5.32 Å². The smallest absolute Gasteiger partial charge is 0.0650 e. The van der Waals surface area contributed by atoms with Crippen LogP contribution in [0.15, 0.2) is 52.4 Å². The largest absolute Gasteiger partial charge is 0.305 e. The van der Waals surface area contributed by atoms with Crippen LogP contribution >= 0.6 is 27.3 Å². The Kier molecular flexibility index (Phi) is 4.53. The number of aromatic amines is 1. The van der Waals surface area contributed by atoms with E-state index in [-0.39, 0.29) is 0 Å². The molecule has 2 aromatic heterocycles. The monoisotopic (exact) mass is 361 g/mol. The van der Waals surface area contributed by atoms with Crippen molar-refractivity contribution in [3.8, 4) is 11.3 Å². The van der Waals surface area contributed by atoms with Crippen LogP contribution in [-0.4, -0.2) is 10.2 Å². The van der Waals surface area contributed by atoms with Crippen LogP contribution in [0, 0.1) is 0 Å². The molecule has 1 atom stereocenters. The van der Waals surface area contributed by atoms with E-state index in [2.05, 4.69) is 74.1 Å². The molecule has 0 saturated heterocycles. The summed E-state index contributed by atoms with van der Waals surface area (Å²) in [5.74, 6) is 0. The standard InChI is InChI=1S/C16H16BrN3S/c1-11(16-8-14(17)10-21-16)18-9-12-2-4-13(5-3-12)15-6-7-19-20-15/h2-8,10-11,18H,9H2,1H3,(H,19,20). The van der Waals surface area contributed by atoms with Gasteiger partial charge in [-0.15, -0.1) is 11.3 Å². The molecule has 3 rings (SSSR count). The van der Waals surface area contributed by atoms with Crippen molar-refractivity contribution in [1.29, 1.82) is 0 Å². The Bertz CT molecular complexity index is 689. The SMILES string of the molecule is CC(NCc1ccc(-c2ccn[nH]2)cc1)c1cc(Br)cs1. The highest BCUT2D eigenvalue weighted by molar-refractivity contribution is 9.10. The van der Waals surface area contributed by atoms with E-state index in [1.54, 1.807) is 17.5 Å². The predicted molar refractivity (Wildman–Crippen MR) is 91.3 cm³/mol. The quantitative estimate of drug-likeness (QED) is 0.688. The van der Waals surface area contributed by atoms with E-state index in [0.717, 1.165) is 22.3 Å². The third-order valence-corrected chi connectivity index (χ3v) is 5.27. The molecule has 0 bridgehead atoms. The van der Waals surface area contributed by atoms with Gasteiger partial charge in [0.2, 0.25) is 0 Å². The summed E-state index contributed by atoms with van der Waals surface area (Å²) in [7, 11) is 0. The molecule has 3 aromatic rings. The number of thiophene rings is 1. The summed E-state index contributed by atoms with van der Waals surface area (Å²) in [6.45, 7) is 3.05. The van der Waals surface area contributed by atoms with Crippen molar-refractivity contribution in [1.82, 2.24) is 15.5 Å². The molecule has 2 heterocycles. The number of H-pyrrole nitrogens is 1. The molecule has 1 unspecified atom stereocenters. The second kappa shape index (κ2) is 6.56. The molecule has 0 radical (unpaired) electrons. The Morgan fingerprint density at radius 3 is 2.71 bits per heavy atom. The van der Waals surface area contributed by atoms with Gasteiger partial charge < -0.3 is 5.32 Å². The van der Waals surface area contributed by atoms with Crippen molar-refractivity contribution in [2.75, 3.05) is 0 Å². The van der Waals surface area contributed by atoms with Gasteiger partial charge in [-0.3, -0.25) is 5.10 Å². The molecule has 0 aliphatic carbocycles. The van der Waals surface area contributed by atoms with Crippen LogP contribution in [0.4, 0.5) is 0 Å². The van der Waals surface area contributed by atoms with Gasteiger partial charge in [0.05, 0.1) is 5.69 Å². The number of rotatable bonds is 5. The summed E-state index contributed by atoms with van der Waals surface area (Å²) in [6, 6.07) is 13.1. The number of nitrogens with one attached hydrogen (secondary N) is 2. The lowest BCUT2D eigenvalue weighted by molar-refractivity contribution is 0.583. The Balaban J connectivity index is 1.61. The molecule has 0 aliphatic heterocycles. The zero-order chi connectivity index (χ0) is 14.7. The minimum atomic E-state index is 0.355. The summed E-state index contributed by atoms with van der Waals surface area (Å²) in [5.41, 5.74) is 3.48. The van der Waals surface area contributed by atoms with Crippen molar-refractivity contribution >= 4 is 27.3 Å². The minimum absolute atomic E-state index is 0.355. The number of hydrogen-bond donors (Lipinski definition) is 2. The summed E-state index contributed by atoms with van der Waals surface area (Å²) < 4.78 is 1.15. The summed E-state index contributed by atoms with van der Waals surface area (Å²) >= 11 is 5.27. The fourth-order valence-electron chi connectivity index (χ4n) is 2.15. The van der Waals surface area contributed by atoms with E-state index in [0.29, 0.717) is 6.04 Å². The first-order valence-electron chi connectivity index (χ1n) is 6.78. The average molecular weight is 362 g/mol. The minimum Gasteiger partial charge on any atom is -0.305 e. The topological polar surface area (TPSA) is 40.7 Å². The van der Waals surface area contributed by atoms with Gasteiger partial charge in [0.1, 0.15) is 0 Å². The van der Waals surface area contributed by atoms with Crippen LogP contribution in [0.2, 0.25) is 0 Å². The summed E-state index contributed by atoms with van der Waals surface area (Å²) in [4.78, 5) is 1.34. The van der Waals surface area contributed by atoms with E-state index in [1.807, 2.05) is 6.07 Å². The van der Waals surface area contributed by atoms with E-state index in [9.17, 15) is 0 Å². The van der Waals surface area contributed by atoms with Gasteiger partial charge in [-0.05, 0) is 46.1 Å². The highest BCUT2D eigenvalue weighted by Gasteiger charge is 2.07. The second-order valence-corrected chi connectivity index (χ2v) is 6.80. The summed E-state index contributed by atoms with van der Waals surface area (Å²) in [5, 5.41) is 12.6. The maximum absolute atomic E-state index is 3.98. The number of halogens is 1. The van der Waals surface area contributed by atoms with E-state index < -0.39 is 0 Å². The predicted octanol–water partition coefficient (Wildman–Crippen LogP) is 4.75. The second-order valence-electron chi connectivity index (χ2n) is 4.94. The normalized spacial score (nSPS) is 12.5. The number of aromatic nitrogens is 2. The Labute approximate surface area is 136 Å². The van der Waals surface area contributed by atoms with Gasteiger partial charge in [0.25, 0.3) is 0 Å². The van der Waals surface area contributed by atoms with Gasteiger partial charge >= 0.3 is 0 Å². The van der Waals surface area contributed by atoms with Gasteiger partial charge in [-0.25, -0.2) is 0 Å². The number of benzene rings is 1. The maximum atomic E-state index is 3.98. The Morgan fingerprint density at radius 2 is 2.10 bits per heavy atom. The lowest BCUT2D eigenvalue weighted by Crippen LogP contribution is -2.17. The molecule has 108 valence electrons. The van der Waals surface area contributed by atoms with Crippen LogP contribution in [0.25, 0.3) is 11.3 Å². The fourth-order valence-corrected chi connectivity index (χ4v) is 3.62. The van der Waals surface area contributed by atoms with Crippen LogP contribution in [0.5, 0.6) is 0 Å². The third-order valence-electron chi connectivity index (χ3n) is 3.39. The molecule has 0 aliphatic rings. The third kappa shape index (κ3) is 3.61. The molecule has 0 saturated carbocycles. The number of hydrogen-bond acceptors (Lipinski definition) is 3. The average Bonchev–Trinajstić information content (AvgIpc) is 3.16. The van der Waals surface area contributed by atoms with Crippen molar-refractivity contribution in [2.45, 2.75) is 19.5 Å². The number of nitrogens with zero attached hydrogens (tertiary/aromatic N) is 1. The van der Waals surface area contributed by atoms with Crippen LogP contribution in [-0.2, 0) is 6.54 Å².